The van der Waals surface area contributed by atoms with Gasteiger partial charge in [0.05, 0.1) is 6.54 Å². The lowest BCUT2D eigenvalue weighted by molar-refractivity contribution is -0.138. The summed E-state index contributed by atoms with van der Waals surface area (Å²) >= 11 is 0. The van der Waals surface area contributed by atoms with Crippen LogP contribution in [0.5, 0.6) is 0 Å². The Bertz CT molecular complexity index is 332. The van der Waals surface area contributed by atoms with Crippen LogP contribution in [0.2, 0.25) is 0 Å². The molecule has 0 aromatic heterocycles. The lowest BCUT2D eigenvalue weighted by atomic mass is 10.1. The average Bonchev–Trinajstić information content (AvgIpc) is 2.20. The molecule has 0 spiro atoms. The third kappa shape index (κ3) is 4.45. The van der Waals surface area contributed by atoms with E-state index in [0.717, 1.165) is 18.4 Å². The normalized spacial score (nSPS) is 10.7. The minimum atomic E-state index is -0.787. The number of hydrogen-bond acceptors (Lipinski definition) is 2. The zero-order chi connectivity index (χ0) is 12.0. The van der Waals surface area contributed by atoms with E-state index in [1.807, 2.05) is 7.05 Å². The predicted octanol–water partition coefficient (Wildman–Crippen LogP) is 2.16. The van der Waals surface area contributed by atoms with E-state index in [0.29, 0.717) is 6.54 Å². The topological polar surface area (TPSA) is 40.5 Å². The van der Waals surface area contributed by atoms with Crippen molar-refractivity contribution in [3.8, 4) is 0 Å². The molecule has 0 saturated carbocycles. The molecule has 3 nitrogen and oxygen atoms in total. The molecule has 88 valence electrons. The fourth-order valence-electron chi connectivity index (χ4n) is 1.70. The van der Waals surface area contributed by atoms with E-state index in [2.05, 4.69) is 31.2 Å². The Labute approximate surface area is 96.7 Å². The van der Waals surface area contributed by atoms with Gasteiger partial charge >= 0.3 is 5.97 Å². The minimum Gasteiger partial charge on any atom is -0.480 e. The van der Waals surface area contributed by atoms with Gasteiger partial charge in [0.2, 0.25) is 0 Å². The number of carboxylic acids is 1. The summed E-state index contributed by atoms with van der Waals surface area (Å²) in [5.74, 6) is -0.787. The summed E-state index contributed by atoms with van der Waals surface area (Å²) in [6.07, 6.45) is 2.25. The number of likely N-dealkylation sites (N-methyl/N-ethyl adjacent to an activating group) is 1. The molecule has 1 aromatic rings. The molecule has 0 atom stereocenters. The number of nitrogens with zero attached hydrogens (tertiary/aromatic N) is 1. The molecule has 0 heterocycles. The van der Waals surface area contributed by atoms with Crippen LogP contribution in [0.15, 0.2) is 24.3 Å². The molecule has 1 rings (SSSR count). The summed E-state index contributed by atoms with van der Waals surface area (Å²) in [4.78, 5) is 12.3. The van der Waals surface area contributed by atoms with Crippen molar-refractivity contribution in [3.63, 3.8) is 0 Å². The monoisotopic (exact) mass is 221 g/mol. The van der Waals surface area contributed by atoms with Crippen molar-refractivity contribution in [1.82, 2.24) is 4.90 Å². The maximum absolute atomic E-state index is 10.5. The Morgan fingerprint density at radius 3 is 2.31 bits per heavy atom. The maximum atomic E-state index is 10.5. The molecule has 0 radical (unpaired) electrons. The van der Waals surface area contributed by atoms with Crippen LogP contribution in [0.4, 0.5) is 0 Å². The number of carboxylic acid groups (broad SMARTS) is 1. The summed E-state index contributed by atoms with van der Waals surface area (Å²) in [6.45, 7) is 2.92. The van der Waals surface area contributed by atoms with E-state index in [-0.39, 0.29) is 6.54 Å². The first-order valence-electron chi connectivity index (χ1n) is 5.60. The van der Waals surface area contributed by atoms with E-state index in [1.54, 1.807) is 4.90 Å². The van der Waals surface area contributed by atoms with Gasteiger partial charge in [-0.1, -0.05) is 37.6 Å². The molecule has 0 aliphatic heterocycles. The van der Waals surface area contributed by atoms with Gasteiger partial charge in [-0.05, 0) is 24.6 Å². The molecule has 3 heteroatoms. The standard InChI is InChI=1S/C13H19NO2/c1-3-4-11-5-7-12(8-6-11)9-14(2)10-13(15)16/h5-8H,3-4,9-10H2,1-2H3,(H,15,16). The van der Waals surface area contributed by atoms with Crippen molar-refractivity contribution in [2.24, 2.45) is 0 Å². The second-order valence-corrected chi connectivity index (χ2v) is 4.13. The highest BCUT2D eigenvalue weighted by Crippen LogP contribution is 2.08. The maximum Gasteiger partial charge on any atom is 0.317 e. The molecule has 0 amide bonds. The van der Waals surface area contributed by atoms with Crippen molar-refractivity contribution in [2.75, 3.05) is 13.6 Å². The Morgan fingerprint density at radius 1 is 1.25 bits per heavy atom. The second-order valence-electron chi connectivity index (χ2n) is 4.13. The molecule has 0 unspecified atom stereocenters. The highest BCUT2D eigenvalue weighted by atomic mass is 16.4. The van der Waals surface area contributed by atoms with Crippen LogP contribution in [0.3, 0.4) is 0 Å². The average molecular weight is 221 g/mol. The quantitative estimate of drug-likeness (QED) is 0.800. The Morgan fingerprint density at radius 2 is 1.81 bits per heavy atom. The number of aliphatic carboxylic acids is 1. The van der Waals surface area contributed by atoms with E-state index in [1.165, 1.54) is 5.56 Å². The molecule has 0 fully saturated rings. The fraction of sp³-hybridized carbons (Fsp3) is 0.462. The lowest BCUT2D eigenvalue weighted by Gasteiger charge is -2.14. The van der Waals surface area contributed by atoms with Gasteiger partial charge in [0.15, 0.2) is 0 Å². The van der Waals surface area contributed by atoms with Crippen LogP contribution in [0.1, 0.15) is 24.5 Å². The van der Waals surface area contributed by atoms with Crippen molar-refractivity contribution < 1.29 is 9.90 Å². The molecule has 0 aliphatic carbocycles. The highest BCUT2D eigenvalue weighted by Gasteiger charge is 2.04. The zero-order valence-electron chi connectivity index (χ0n) is 9.94. The van der Waals surface area contributed by atoms with Gasteiger partial charge in [0.1, 0.15) is 0 Å². The summed E-state index contributed by atoms with van der Waals surface area (Å²) in [5, 5.41) is 8.63. The van der Waals surface area contributed by atoms with Crippen LogP contribution >= 0.6 is 0 Å². The first-order valence-corrected chi connectivity index (χ1v) is 5.60. The molecule has 0 saturated heterocycles. The first-order chi connectivity index (χ1) is 7.61. The van der Waals surface area contributed by atoms with Crippen molar-refractivity contribution in [3.05, 3.63) is 35.4 Å². The van der Waals surface area contributed by atoms with Crippen LogP contribution in [0.25, 0.3) is 0 Å². The van der Waals surface area contributed by atoms with Crippen LogP contribution < -0.4 is 0 Å². The summed E-state index contributed by atoms with van der Waals surface area (Å²) < 4.78 is 0. The van der Waals surface area contributed by atoms with Gasteiger partial charge in [-0.3, -0.25) is 9.69 Å². The van der Waals surface area contributed by atoms with Crippen LogP contribution in [0, 0.1) is 0 Å². The van der Waals surface area contributed by atoms with Crippen molar-refractivity contribution >= 4 is 5.97 Å². The Hall–Kier alpha value is -1.35. The van der Waals surface area contributed by atoms with Crippen molar-refractivity contribution in [2.45, 2.75) is 26.3 Å². The Balaban J connectivity index is 2.51. The van der Waals surface area contributed by atoms with Crippen LogP contribution in [-0.4, -0.2) is 29.6 Å². The third-order valence-electron chi connectivity index (χ3n) is 2.42. The van der Waals surface area contributed by atoms with E-state index < -0.39 is 5.97 Å². The molecule has 0 aliphatic rings. The van der Waals surface area contributed by atoms with E-state index in [9.17, 15) is 4.79 Å². The lowest BCUT2D eigenvalue weighted by Crippen LogP contribution is -2.25. The molecular formula is C13H19NO2. The van der Waals surface area contributed by atoms with Gasteiger partial charge < -0.3 is 5.11 Å². The molecule has 1 N–H and O–H groups in total. The van der Waals surface area contributed by atoms with Gasteiger partial charge in [-0.2, -0.15) is 0 Å². The van der Waals surface area contributed by atoms with Gasteiger partial charge in [-0.25, -0.2) is 0 Å². The van der Waals surface area contributed by atoms with E-state index in [4.69, 9.17) is 5.11 Å². The molecule has 0 bridgehead atoms. The molecule has 16 heavy (non-hydrogen) atoms. The number of carbonyl (C=O) groups is 1. The largest absolute Gasteiger partial charge is 0.480 e. The highest BCUT2D eigenvalue weighted by molar-refractivity contribution is 5.69. The first kappa shape index (κ1) is 12.7. The number of rotatable bonds is 6. The number of hydrogen-bond donors (Lipinski definition) is 1. The summed E-state index contributed by atoms with van der Waals surface area (Å²) in [6, 6.07) is 8.38. The number of benzene rings is 1. The van der Waals surface area contributed by atoms with Crippen molar-refractivity contribution in [1.29, 1.82) is 0 Å². The van der Waals surface area contributed by atoms with Crippen LogP contribution in [-0.2, 0) is 17.8 Å². The predicted molar refractivity (Wildman–Crippen MR) is 64.4 cm³/mol. The molecular weight excluding hydrogens is 202 g/mol. The van der Waals surface area contributed by atoms with Gasteiger partial charge in [0, 0.05) is 6.54 Å². The minimum absolute atomic E-state index is 0.0801. The summed E-state index contributed by atoms with van der Waals surface area (Å²) in [7, 11) is 1.81. The van der Waals surface area contributed by atoms with E-state index >= 15 is 0 Å². The SMILES string of the molecule is CCCc1ccc(CN(C)CC(=O)O)cc1. The summed E-state index contributed by atoms with van der Waals surface area (Å²) in [5.41, 5.74) is 2.50. The second kappa shape index (κ2) is 6.28. The zero-order valence-corrected chi connectivity index (χ0v) is 9.94. The number of aryl methyl sites for hydroxylation is 1. The third-order valence-corrected chi connectivity index (χ3v) is 2.42. The molecule has 1 aromatic carbocycles. The van der Waals surface area contributed by atoms with Gasteiger partial charge in [-0.15, -0.1) is 0 Å². The smallest absolute Gasteiger partial charge is 0.317 e. The Kier molecular flexibility index (Phi) is 4.99. The van der Waals surface area contributed by atoms with Gasteiger partial charge in [0.25, 0.3) is 0 Å². The fourth-order valence-corrected chi connectivity index (χ4v) is 1.70.